The largest absolute Gasteiger partial charge is 0.497 e. The number of hydrogen-bond donors (Lipinski definition) is 1. The van der Waals surface area contributed by atoms with E-state index in [-0.39, 0.29) is 17.4 Å². The number of rotatable bonds is 8. The van der Waals surface area contributed by atoms with Gasteiger partial charge in [0.1, 0.15) is 10.8 Å². The lowest BCUT2D eigenvalue weighted by molar-refractivity contribution is -0.114. The van der Waals surface area contributed by atoms with Gasteiger partial charge in [-0.25, -0.2) is 9.78 Å². The Hall–Kier alpha value is -3.17. The van der Waals surface area contributed by atoms with E-state index in [0.29, 0.717) is 16.3 Å². The molecule has 0 unspecified atom stereocenters. The first-order valence-corrected chi connectivity index (χ1v) is 11.3. The maximum Gasteiger partial charge on any atom is 0.358 e. The third-order valence-electron chi connectivity index (χ3n) is 4.22. The molecule has 0 saturated carbocycles. The summed E-state index contributed by atoms with van der Waals surface area (Å²) < 4.78 is 10.3. The lowest BCUT2D eigenvalue weighted by Crippen LogP contribution is -2.15. The second-order valence-corrected chi connectivity index (χ2v) is 8.07. The normalized spacial score (nSPS) is 10.4. The number of carbonyl (C=O) groups is 3. The summed E-state index contributed by atoms with van der Waals surface area (Å²) in [5.74, 6) is -0.557. The van der Waals surface area contributed by atoms with Crippen LogP contribution in [0.5, 0.6) is 5.75 Å². The highest BCUT2D eigenvalue weighted by molar-refractivity contribution is 7.98. The molecule has 0 saturated heterocycles. The van der Waals surface area contributed by atoms with Crippen molar-refractivity contribution >= 4 is 46.4 Å². The molecule has 2 aromatic carbocycles. The van der Waals surface area contributed by atoms with Gasteiger partial charge in [-0.3, -0.25) is 9.59 Å². The Balaban J connectivity index is 1.65. The van der Waals surface area contributed by atoms with E-state index in [0.717, 1.165) is 16.2 Å². The van der Waals surface area contributed by atoms with E-state index in [1.807, 2.05) is 30.5 Å². The molecule has 0 spiro atoms. The van der Waals surface area contributed by atoms with Crippen molar-refractivity contribution in [3.63, 3.8) is 0 Å². The number of ether oxygens (including phenoxy) is 2. The third kappa shape index (κ3) is 5.71. The Labute approximate surface area is 187 Å². The number of aromatic nitrogens is 1. The van der Waals surface area contributed by atoms with Gasteiger partial charge in [0.25, 0.3) is 0 Å². The van der Waals surface area contributed by atoms with Crippen LogP contribution in [0.4, 0.5) is 5.69 Å². The first-order valence-electron chi connectivity index (χ1n) is 9.17. The molecule has 0 aliphatic heterocycles. The van der Waals surface area contributed by atoms with Gasteiger partial charge in [0, 0.05) is 28.3 Å². The first kappa shape index (κ1) is 22.5. The van der Waals surface area contributed by atoms with Crippen LogP contribution in [-0.4, -0.2) is 42.6 Å². The van der Waals surface area contributed by atoms with E-state index in [1.165, 1.54) is 30.0 Å². The average molecular weight is 457 g/mol. The Kier molecular flexibility index (Phi) is 7.43. The van der Waals surface area contributed by atoms with Crippen molar-refractivity contribution in [1.82, 2.24) is 4.98 Å². The molecule has 160 valence electrons. The molecule has 3 rings (SSSR count). The minimum atomic E-state index is -0.674. The molecule has 3 aromatic rings. The van der Waals surface area contributed by atoms with E-state index in [9.17, 15) is 14.4 Å². The Morgan fingerprint density at radius 2 is 1.87 bits per heavy atom. The van der Waals surface area contributed by atoms with Crippen LogP contribution in [0.15, 0.2) is 52.7 Å². The number of esters is 1. The molecule has 0 bridgehead atoms. The Morgan fingerprint density at radius 1 is 1.13 bits per heavy atom. The van der Waals surface area contributed by atoms with Crippen molar-refractivity contribution in [2.45, 2.75) is 11.8 Å². The van der Waals surface area contributed by atoms with E-state index in [2.05, 4.69) is 10.3 Å². The summed E-state index contributed by atoms with van der Waals surface area (Å²) in [6.45, 7) is 0.973. The van der Waals surface area contributed by atoms with Crippen molar-refractivity contribution in [2.24, 2.45) is 0 Å². The first-order chi connectivity index (χ1) is 14.9. The van der Waals surface area contributed by atoms with Crippen molar-refractivity contribution in [3.05, 3.63) is 59.1 Å². The van der Waals surface area contributed by atoms with Crippen LogP contribution in [0.2, 0.25) is 0 Å². The maximum absolute atomic E-state index is 12.5. The molecule has 7 nitrogen and oxygen atoms in total. The molecule has 0 fully saturated rings. The van der Waals surface area contributed by atoms with Gasteiger partial charge >= 0.3 is 5.97 Å². The minimum Gasteiger partial charge on any atom is -0.497 e. The quantitative estimate of drug-likeness (QED) is 0.302. The molecule has 9 heteroatoms. The molecule has 0 atom stereocenters. The highest BCUT2D eigenvalue weighted by Gasteiger charge is 2.17. The van der Waals surface area contributed by atoms with E-state index in [4.69, 9.17) is 9.47 Å². The van der Waals surface area contributed by atoms with Gasteiger partial charge in [0.15, 0.2) is 18.1 Å². The van der Waals surface area contributed by atoms with Crippen molar-refractivity contribution in [3.8, 4) is 16.3 Å². The van der Waals surface area contributed by atoms with Gasteiger partial charge in [-0.15, -0.1) is 23.1 Å². The number of hydrogen-bond acceptors (Lipinski definition) is 8. The van der Waals surface area contributed by atoms with E-state index < -0.39 is 12.6 Å². The highest BCUT2D eigenvalue weighted by Crippen LogP contribution is 2.27. The lowest BCUT2D eigenvalue weighted by atomic mass is 10.1. The lowest BCUT2D eigenvalue weighted by Gasteiger charge is -2.10. The van der Waals surface area contributed by atoms with Crippen LogP contribution >= 0.6 is 23.1 Å². The summed E-state index contributed by atoms with van der Waals surface area (Å²) >= 11 is 2.76. The van der Waals surface area contributed by atoms with Crippen LogP contribution in [0.3, 0.4) is 0 Å². The molecule has 1 aromatic heterocycles. The summed E-state index contributed by atoms with van der Waals surface area (Å²) in [6, 6.07) is 12.3. The van der Waals surface area contributed by atoms with Gasteiger partial charge in [-0.05, 0) is 42.7 Å². The number of benzene rings is 2. The number of methoxy groups -OCH3 is 1. The molecular weight excluding hydrogens is 436 g/mol. The van der Waals surface area contributed by atoms with Crippen LogP contribution in [0.1, 0.15) is 27.8 Å². The summed E-state index contributed by atoms with van der Waals surface area (Å²) in [6.07, 6.45) is 1.87. The van der Waals surface area contributed by atoms with Gasteiger partial charge in [-0.2, -0.15) is 0 Å². The van der Waals surface area contributed by atoms with Crippen LogP contribution in [0.25, 0.3) is 10.6 Å². The minimum absolute atomic E-state index is 0.139. The SMILES string of the molecule is COc1ccc(-c2nc(C(=O)OCC(=O)c3ccc(SC)c(NC(C)=O)c3)cs2)cc1. The van der Waals surface area contributed by atoms with Gasteiger partial charge < -0.3 is 14.8 Å². The van der Waals surface area contributed by atoms with Crippen LogP contribution in [0, 0.1) is 0 Å². The number of carbonyl (C=O) groups excluding carboxylic acids is 3. The average Bonchev–Trinajstić information content (AvgIpc) is 3.27. The predicted molar refractivity (Wildman–Crippen MR) is 121 cm³/mol. The smallest absolute Gasteiger partial charge is 0.358 e. The zero-order valence-corrected chi connectivity index (χ0v) is 18.8. The molecule has 1 N–H and O–H groups in total. The monoisotopic (exact) mass is 456 g/mol. The molecule has 31 heavy (non-hydrogen) atoms. The second kappa shape index (κ2) is 10.2. The van der Waals surface area contributed by atoms with Crippen LogP contribution < -0.4 is 10.1 Å². The predicted octanol–water partition coefficient (Wildman–Crippen LogP) is 4.54. The molecular formula is C22H20N2O5S2. The molecule has 1 heterocycles. The number of anilines is 1. The molecule has 0 radical (unpaired) electrons. The Bertz CT molecular complexity index is 1110. The Morgan fingerprint density at radius 3 is 2.52 bits per heavy atom. The maximum atomic E-state index is 12.5. The highest BCUT2D eigenvalue weighted by atomic mass is 32.2. The third-order valence-corrected chi connectivity index (χ3v) is 5.90. The van der Waals surface area contributed by atoms with Gasteiger partial charge in [-0.1, -0.05) is 6.07 Å². The van der Waals surface area contributed by atoms with Gasteiger partial charge in [0.05, 0.1) is 12.8 Å². The fourth-order valence-corrected chi connectivity index (χ4v) is 4.02. The molecule has 0 aliphatic carbocycles. The summed E-state index contributed by atoms with van der Waals surface area (Å²) in [5, 5.41) is 4.95. The number of nitrogens with one attached hydrogen (secondary N) is 1. The van der Waals surface area contributed by atoms with Crippen molar-refractivity contribution in [2.75, 3.05) is 25.3 Å². The zero-order chi connectivity index (χ0) is 22.4. The number of Topliss-reactive ketones (excluding diaryl/α,β-unsaturated/α-hetero) is 1. The summed E-state index contributed by atoms with van der Waals surface area (Å²) in [5.41, 5.74) is 1.87. The molecule has 1 amide bonds. The number of thiazole rings is 1. The molecule has 0 aliphatic rings. The van der Waals surface area contributed by atoms with Gasteiger partial charge in [0.2, 0.25) is 5.91 Å². The zero-order valence-electron chi connectivity index (χ0n) is 17.1. The van der Waals surface area contributed by atoms with Crippen LogP contribution in [-0.2, 0) is 9.53 Å². The second-order valence-electron chi connectivity index (χ2n) is 6.36. The number of ketones is 1. The van der Waals surface area contributed by atoms with E-state index in [1.54, 1.807) is 30.7 Å². The standard InChI is InChI=1S/C22H20N2O5S2/c1-13(25)23-17-10-15(6-9-20(17)30-3)19(26)11-29-22(27)18-12-31-21(24-18)14-4-7-16(28-2)8-5-14/h4-10,12H,11H2,1-3H3,(H,23,25). The number of thioether (sulfide) groups is 1. The fraction of sp³-hybridized carbons (Fsp3) is 0.182. The van der Waals surface area contributed by atoms with E-state index >= 15 is 0 Å². The van der Waals surface area contributed by atoms with Crippen molar-refractivity contribution in [1.29, 1.82) is 0 Å². The fourth-order valence-electron chi connectivity index (χ4n) is 2.69. The van der Waals surface area contributed by atoms with Crippen molar-refractivity contribution < 1.29 is 23.9 Å². The number of amides is 1. The summed E-state index contributed by atoms with van der Waals surface area (Å²) in [4.78, 5) is 41.3. The topological polar surface area (TPSA) is 94.6 Å². The number of nitrogens with zero attached hydrogens (tertiary/aromatic N) is 1. The summed E-state index contributed by atoms with van der Waals surface area (Å²) in [7, 11) is 1.59.